The van der Waals surface area contributed by atoms with E-state index in [-0.39, 0.29) is 36.6 Å². The van der Waals surface area contributed by atoms with Crippen LogP contribution in [0.25, 0.3) is 0 Å². The minimum absolute atomic E-state index is 0. The predicted octanol–water partition coefficient (Wildman–Crippen LogP) is 2.91. The third-order valence-corrected chi connectivity index (χ3v) is 3.80. The van der Waals surface area contributed by atoms with Gasteiger partial charge in [0.15, 0.2) is 0 Å². The Hall–Kier alpha value is -0.0700. The van der Waals surface area contributed by atoms with Crippen LogP contribution in [0.15, 0.2) is 22.7 Å². The standard InChI is InChI=1S/C12H16BrFN2O.2ClH/c13-11-2-1-9(17)7-10(11)12(8-14)16-5-3-15-4-6-16;;/h1-2,7,12,15,17H,3-6,8H2;2*1H/t12-;;/m1../s1. The maximum absolute atomic E-state index is 13.3. The van der Waals surface area contributed by atoms with Crippen molar-refractivity contribution < 1.29 is 9.50 Å². The van der Waals surface area contributed by atoms with Gasteiger partial charge in [0.2, 0.25) is 0 Å². The number of nitrogens with one attached hydrogen (secondary N) is 1. The maximum atomic E-state index is 13.3. The van der Waals surface area contributed by atoms with Crippen LogP contribution in [0.2, 0.25) is 0 Å². The van der Waals surface area contributed by atoms with Gasteiger partial charge in [-0.1, -0.05) is 15.9 Å². The molecule has 0 radical (unpaired) electrons. The molecule has 1 aliphatic rings. The zero-order chi connectivity index (χ0) is 12.3. The van der Waals surface area contributed by atoms with Crippen LogP contribution in [-0.4, -0.2) is 42.9 Å². The Morgan fingerprint density at radius 2 is 1.95 bits per heavy atom. The fourth-order valence-electron chi connectivity index (χ4n) is 2.16. The lowest BCUT2D eigenvalue weighted by atomic mass is 10.1. The lowest BCUT2D eigenvalue weighted by Crippen LogP contribution is -2.45. The van der Waals surface area contributed by atoms with Gasteiger partial charge in [-0.25, -0.2) is 4.39 Å². The van der Waals surface area contributed by atoms with E-state index in [1.54, 1.807) is 18.2 Å². The quantitative estimate of drug-likeness (QED) is 0.852. The Kier molecular flexibility index (Phi) is 8.94. The Morgan fingerprint density at radius 3 is 2.53 bits per heavy atom. The largest absolute Gasteiger partial charge is 0.508 e. The molecule has 7 heteroatoms. The molecule has 0 unspecified atom stereocenters. The lowest BCUT2D eigenvalue weighted by Gasteiger charge is -2.34. The van der Waals surface area contributed by atoms with E-state index in [1.807, 2.05) is 0 Å². The van der Waals surface area contributed by atoms with Crippen molar-refractivity contribution in [2.75, 3.05) is 32.9 Å². The normalized spacial score (nSPS) is 17.2. The molecule has 2 N–H and O–H groups in total. The first-order valence-corrected chi connectivity index (χ1v) is 6.51. The molecule has 19 heavy (non-hydrogen) atoms. The molecule has 0 aromatic heterocycles. The van der Waals surface area contributed by atoms with Crippen molar-refractivity contribution in [2.24, 2.45) is 0 Å². The number of benzene rings is 1. The molecule has 0 amide bonds. The Balaban J connectivity index is 0.00000162. The van der Waals surface area contributed by atoms with E-state index in [1.165, 1.54) is 0 Å². The van der Waals surface area contributed by atoms with Crippen LogP contribution in [-0.2, 0) is 0 Å². The number of hydrogen-bond acceptors (Lipinski definition) is 3. The second kappa shape index (κ2) is 8.97. The van der Waals surface area contributed by atoms with Gasteiger partial charge in [-0.15, -0.1) is 24.8 Å². The van der Waals surface area contributed by atoms with Gasteiger partial charge >= 0.3 is 0 Å². The van der Waals surface area contributed by atoms with Crippen LogP contribution in [0.5, 0.6) is 5.75 Å². The van der Waals surface area contributed by atoms with Crippen molar-refractivity contribution in [3.05, 3.63) is 28.2 Å². The minimum atomic E-state index is -0.442. The molecule has 1 fully saturated rings. The van der Waals surface area contributed by atoms with Crippen LogP contribution in [0.1, 0.15) is 11.6 Å². The molecular formula is C12H18BrCl2FN2O. The van der Waals surface area contributed by atoms with E-state index in [9.17, 15) is 9.50 Å². The number of aromatic hydroxyl groups is 1. The highest BCUT2D eigenvalue weighted by Gasteiger charge is 2.24. The molecule has 3 nitrogen and oxygen atoms in total. The SMILES string of the molecule is Cl.Cl.Oc1ccc(Br)c([C@@H](CF)N2CCNCC2)c1. The molecule has 0 saturated carbocycles. The first-order chi connectivity index (χ1) is 8.22. The summed E-state index contributed by atoms with van der Waals surface area (Å²) in [6.45, 7) is 2.98. The molecule has 1 aromatic rings. The van der Waals surface area contributed by atoms with Crippen LogP contribution in [0.4, 0.5) is 4.39 Å². The van der Waals surface area contributed by atoms with Crippen molar-refractivity contribution >= 4 is 40.7 Å². The second-order valence-corrected chi connectivity index (χ2v) is 5.02. The lowest BCUT2D eigenvalue weighted by molar-refractivity contribution is 0.147. The van der Waals surface area contributed by atoms with Crippen LogP contribution in [0, 0.1) is 0 Å². The molecule has 0 bridgehead atoms. The average molecular weight is 376 g/mol. The summed E-state index contributed by atoms with van der Waals surface area (Å²) in [4.78, 5) is 2.11. The van der Waals surface area contributed by atoms with Crippen LogP contribution >= 0.6 is 40.7 Å². The van der Waals surface area contributed by atoms with Crippen molar-refractivity contribution in [1.82, 2.24) is 10.2 Å². The van der Waals surface area contributed by atoms with Gasteiger partial charge in [0.1, 0.15) is 12.4 Å². The van der Waals surface area contributed by atoms with E-state index in [0.717, 1.165) is 36.2 Å². The smallest absolute Gasteiger partial charge is 0.115 e. The number of hydrogen-bond donors (Lipinski definition) is 2. The average Bonchev–Trinajstić information content (AvgIpc) is 2.36. The van der Waals surface area contributed by atoms with Crippen molar-refractivity contribution in [3.63, 3.8) is 0 Å². The fraction of sp³-hybridized carbons (Fsp3) is 0.500. The summed E-state index contributed by atoms with van der Waals surface area (Å²) in [7, 11) is 0. The van der Waals surface area contributed by atoms with Gasteiger partial charge in [0.25, 0.3) is 0 Å². The summed E-state index contributed by atoms with van der Waals surface area (Å²) in [6.07, 6.45) is 0. The summed E-state index contributed by atoms with van der Waals surface area (Å²) < 4.78 is 14.1. The van der Waals surface area contributed by atoms with Crippen molar-refractivity contribution in [1.29, 1.82) is 0 Å². The predicted molar refractivity (Wildman–Crippen MR) is 83.5 cm³/mol. The summed E-state index contributed by atoms with van der Waals surface area (Å²) in [5.74, 6) is 0.178. The minimum Gasteiger partial charge on any atom is -0.508 e. The van der Waals surface area contributed by atoms with E-state index >= 15 is 0 Å². The molecule has 0 spiro atoms. The highest BCUT2D eigenvalue weighted by Crippen LogP contribution is 2.31. The summed E-state index contributed by atoms with van der Waals surface area (Å²) >= 11 is 3.42. The topological polar surface area (TPSA) is 35.5 Å². The first-order valence-electron chi connectivity index (χ1n) is 5.71. The molecule has 0 aliphatic carbocycles. The highest BCUT2D eigenvalue weighted by molar-refractivity contribution is 9.10. The number of piperazine rings is 1. The maximum Gasteiger partial charge on any atom is 0.115 e. The number of alkyl halides is 1. The van der Waals surface area contributed by atoms with Crippen LogP contribution in [0.3, 0.4) is 0 Å². The summed E-state index contributed by atoms with van der Waals surface area (Å²) in [6, 6.07) is 4.71. The number of halogens is 4. The van der Waals surface area contributed by atoms with Crippen molar-refractivity contribution in [2.45, 2.75) is 6.04 Å². The molecule has 1 atom stereocenters. The number of phenolic OH excluding ortho intramolecular Hbond substituents is 1. The molecule has 1 heterocycles. The van der Waals surface area contributed by atoms with E-state index in [0.29, 0.717) is 0 Å². The molecule has 110 valence electrons. The Bertz CT molecular complexity index is 392. The molecular weight excluding hydrogens is 358 g/mol. The molecule has 1 aromatic carbocycles. The molecule has 1 saturated heterocycles. The third-order valence-electron chi connectivity index (χ3n) is 3.08. The van der Waals surface area contributed by atoms with E-state index < -0.39 is 6.67 Å². The molecule has 2 rings (SSSR count). The number of rotatable bonds is 3. The zero-order valence-corrected chi connectivity index (χ0v) is 13.5. The fourth-order valence-corrected chi connectivity index (χ4v) is 2.67. The highest BCUT2D eigenvalue weighted by atomic mass is 79.9. The van der Waals surface area contributed by atoms with E-state index in [2.05, 4.69) is 26.1 Å². The zero-order valence-electron chi connectivity index (χ0n) is 10.3. The van der Waals surface area contributed by atoms with E-state index in [4.69, 9.17) is 0 Å². The van der Waals surface area contributed by atoms with Gasteiger partial charge in [0.05, 0.1) is 6.04 Å². The first kappa shape index (κ1) is 18.9. The Labute approximate surface area is 133 Å². The third kappa shape index (κ3) is 4.76. The van der Waals surface area contributed by atoms with Gasteiger partial charge in [-0.3, -0.25) is 4.90 Å². The monoisotopic (exact) mass is 374 g/mol. The number of phenols is 1. The number of nitrogens with zero attached hydrogens (tertiary/aromatic N) is 1. The Morgan fingerprint density at radius 1 is 1.32 bits per heavy atom. The van der Waals surface area contributed by atoms with Gasteiger partial charge in [-0.05, 0) is 23.8 Å². The molecule has 1 aliphatic heterocycles. The van der Waals surface area contributed by atoms with Gasteiger partial charge < -0.3 is 10.4 Å². The van der Waals surface area contributed by atoms with Crippen molar-refractivity contribution in [3.8, 4) is 5.75 Å². The summed E-state index contributed by atoms with van der Waals surface area (Å²) in [5, 5.41) is 12.8. The van der Waals surface area contributed by atoms with Gasteiger partial charge in [0, 0.05) is 30.7 Å². The second-order valence-electron chi connectivity index (χ2n) is 4.16. The van der Waals surface area contributed by atoms with Crippen LogP contribution < -0.4 is 5.32 Å². The summed E-state index contributed by atoms with van der Waals surface area (Å²) in [5.41, 5.74) is 0.814. The van der Waals surface area contributed by atoms with Gasteiger partial charge in [-0.2, -0.15) is 0 Å².